The highest BCUT2D eigenvalue weighted by Crippen LogP contribution is 2.33. The van der Waals surface area contributed by atoms with Crippen molar-refractivity contribution in [3.63, 3.8) is 0 Å². The summed E-state index contributed by atoms with van der Waals surface area (Å²) in [7, 11) is 3.25. The van der Waals surface area contributed by atoms with Crippen molar-refractivity contribution in [1.29, 1.82) is 0 Å². The molecule has 1 aromatic carbocycles. The molecule has 0 saturated carbocycles. The Morgan fingerprint density at radius 1 is 1.19 bits per heavy atom. The molecule has 0 radical (unpaired) electrons. The molecule has 0 saturated heterocycles. The number of nitrogens with zero attached hydrogens (tertiary/aromatic N) is 2. The van der Waals surface area contributed by atoms with Crippen LogP contribution in [0.15, 0.2) is 27.8 Å². The number of ether oxygens (including phenoxy) is 2. The lowest BCUT2D eigenvalue weighted by atomic mass is 10.2. The van der Waals surface area contributed by atoms with Crippen LogP contribution < -0.4 is 20.1 Å². The van der Waals surface area contributed by atoms with Crippen LogP contribution in [0.1, 0.15) is 29.3 Å². The zero-order valence-corrected chi connectivity index (χ0v) is 20.7. The van der Waals surface area contributed by atoms with E-state index in [1.807, 2.05) is 25.3 Å². The summed E-state index contributed by atoms with van der Waals surface area (Å²) in [6.45, 7) is 6.13. The largest absolute Gasteiger partial charge is 0.493 e. The van der Waals surface area contributed by atoms with Crippen LogP contribution in [0.25, 0.3) is 0 Å². The molecular weight excluding hydrogens is 543 g/mol. The van der Waals surface area contributed by atoms with Crippen molar-refractivity contribution in [2.45, 2.75) is 33.4 Å². The molecule has 0 aliphatic heterocycles. The van der Waals surface area contributed by atoms with E-state index in [-0.39, 0.29) is 24.0 Å². The van der Waals surface area contributed by atoms with Crippen molar-refractivity contribution < 1.29 is 9.47 Å². The number of hydrogen-bond acceptors (Lipinski definition) is 5. The Hall–Kier alpha value is -1.07. The van der Waals surface area contributed by atoms with E-state index in [9.17, 15) is 0 Å². The first-order chi connectivity index (χ1) is 12.6. The van der Waals surface area contributed by atoms with Gasteiger partial charge in [0.2, 0.25) is 0 Å². The van der Waals surface area contributed by atoms with Crippen molar-refractivity contribution in [3.05, 3.63) is 38.3 Å². The molecule has 2 aromatic rings. The number of guanidine groups is 1. The molecule has 27 heavy (non-hydrogen) atoms. The number of hydrogen-bond donors (Lipinski definition) is 2. The summed E-state index contributed by atoms with van der Waals surface area (Å²) in [5.41, 5.74) is 1.02. The van der Waals surface area contributed by atoms with Gasteiger partial charge >= 0.3 is 0 Å². The maximum atomic E-state index is 5.37. The highest BCUT2D eigenvalue weighted by Gasteiger charge is 2.10. The third-order valence-corrected chi connectivity index (χ3v) is 5.54. The number of aryl methyl sites for hydroxylation is 1. The zero-order valence-electron chi connectivity index (χ0n) is 16.0. The lowest BCUT2D eigenvalue weighted by Crippen LogP contribution is -2.36. The Labute approximate surface area is 190 Å². The van der Waals surface area contributed by atoms with Crippen LogP contribution in [0.4, 0.5) is 0 Å². The van der Waals surface area contributed by atoms with Gasteiger partial charge in [0.05, 0.1) is 27.3 Å². The van der Waals surface area contributed by atoms with Crippen molar-refractivity contribution in [3.8, 4) is 11.5 Å². The predicted molar refractivity (Wildman–Crippen MR) is 126 cm³/mol. The number of nitrogens with one attached hydrogen (secondary N) is 2. The molecule has 2 N–H and O–H groups in total. The topological polar surface area (TPSA) is 67.8 Å². The zero-order chi connectivity index (χ0) is 18.9. The summed E-state index contributed by atoms with van der Waals surface area (Å²) in [6, 6.07) is 3.83. The van der Waals surface area contributed by atoms with Crippen molar-refractivity contribution in [1.82, 2.24) is 15.6 Å². The van der Waals surface area contributed by atoms with E-state index in [0.29, 0.717) is 24.6 Å². The van der Waals surface area contributed by atoms with Gasteiger partial charge in [-0.05, 0) is 31.0 Å². The van der Waals surface area contributed by atoms with Crippen LogP contribution in [0, 0.1) is 0 Å². The lowest BCUT2D eigenvalue weighted by molar-refractivity contribution is 0.354. The number of aliphatic imine (C=N–C) groups is 1. The Balaban J connectivity index is 0.00000364. The average Bonchev–Trinajstić information content (AvgIpc) is 3.12. The summed E-state index contributed by atoms with van der Waals surface area (Å²) in [5.74, 6) is 2.13. The molecule has 0 fully saturated rings. The highest BCUT2D eigenvalue weighted by atomic mass is 127. The maximum Gasteiger partial charge on any atom is 0.191 e. The minimum atomic E-state index is 0. The number of halogens is 2. The summed E-state index contributed by atoms with van der Waals surface area (Å²) in [5, 5.41) is 7.65. The maximum absolute atomic E-state index is 5.37. The Morgan fingerprint density at radius 3 is 2.48 bits per heavy atom. The average molecular weight is 569 g/mol. The van der Waals surface area contributed by atoms with E-state index >= 15 is 0 Å². The van der Waals surface area contributed by atoms with Crippen molar-refractivity contribution >= 4 is 57.2 Å². The molecular formula is C18H26BrIN4O2S. The standard InChI is InChI=1S/C18H25BrN4O2S.HI/c1-5-13-10-21-17(26-13)11-23-18(20-6-2)22-9-12-7-15(24-3)16(25-4)8-14(12)19;/h7-8,10H,5-6,9,11H2,1-4H3,(H2,20,22,23);1H. The molecule has 2 rings (SSSR count). The second-order valence-corrected chi connectivity index (χ2v) is 7.48. The first-order valence-electron chi connectivity index (χ1n) is 8.47. The van der Waals surface area contributed by atoms with Gasteiger partial charge in [-0.15, -0.1) is 35.3 Å². The Kier molecular flexibility index (Phi) is 11.0. The van der Waals surface area contributed by atoms with Gasteiger partial charge in [0.1, 0.15) is 5.01 Å². The van der Waals surface area contributed by atoms with Crippen LogP contribution in [0.2, 0.25) is 0 Å². The molecule has 0 unspecified atom stereocenters. The SMILES string of the molecule is CCNC(=NCc1cc(OC)c(OC)cc1Br)NCc1ncc(CC)s1.I. The quantitative estimate of drug-likeness (QED) is 0.281. The highest BCUT2D eigenvalue weighted by molar-refractivity contribution is 14.0. The van der Waals surface area contributed by atoms with Gasteiger partial charge in [-0.2, -0.15) is 0 Å². The number of benzene rings is 1. The molecule has 1 heterocycles. The molecule has 0 aliphatic carbocycles. The van der Waals surface area contributed by atoms with Gasteiger partial charge in [0.15, 0.2) is 17.5 Å². The smallest absolute Gasteiger partial charge is 0.191 e. The van der Waals surface area contributed by atoms with Crippen LogP contribution >= 0.6 is 51.2 Å². The molecule has 150 valence electrons. The fraction of sp³-hybridized carbons (Fsp3) is 0.444. The van der Waals surface area contributed by atoms with Gasteiger partial charge in [-0.25, -0.2) is 9.98 Å². The summed E-state index contributed by atoms with van der Waals surface area (Å²) in [4.78, 5) is 10.4. The minimum absolute atomic E-state index is 0. The normalized spacial score (nSPS) is 10.9. The lowest BCUT2D eigenvalue weighted by Gasteiger charge is -2.13. The first-order valence-corrected chi connectivity index (χ1v) is 10.1. The van der Waals surface area contributed by atoms with Crippen molar-refractivity contribution in [2.75, 3.05) is 20.8 Å². The Morgan fingerprint density at radius 2 is 1.89 bits per heavy atom. The van der Waals surface area contributed by atoms with E-state index < -0.39 is 0 Å². The summed E-state index contributed by atoms with van der Waals surface area (Å²) in [6.07, 6.45) is 2.95. The fourth-order valence-electron chi connectivity index (χ4n) is 2.28. The van der Waals surface area contributed by atoms with Gasteiger partial charge in [-0.3, -0.25) is 0 Å². The molecule has 0 bridgehead atoms. The van der Waals surface area contributed by atoms with Gasteiger partial charge in [-0.1, -0.05) is 22.9 Å². The van der Waals surface area contributed by atoms with E-state index in [1.54, 1.807) is 25.6 Å². The number of thiazole rings is 1. The number of rotatable bonds is 8. The van der Waals surface area contributed by atoms with E-state index in [0.717, 1.165) is 34.0 Å². The fourth-order valence-corrected chi connectivity index (χ4v) is 3.53. The predicted octanol–water partition coefficient (Wildman–Crippen LogP) is 4.36. The first kappa shape index (κ1) is 24.0. The molecule has 0 spiro atoms. The molecule has 9 heteroatoms. The third-order valence-electron chi connectivity index (χ3n) is 3.66. The second-order valence-electron chi connectivity index (χ2n) is 5.42. The van der Waals surface area contributed by atoms with Gasteiger partial charge in [0, 0.05) is 22.1 Å². The molecule has 0 aliphatic rings. The van der Waals surface area contributed by atoms with Gasteiger partial charge < -0.3 is 20.1 Å². The molecule has 6 nitrogen and oxygen atoms in total. The van der Waals surface area contributed by atoms with Crippen LogP contribution in [-0.2, 0) is 19.5 Å². The van der Waals surface area contributed by atoms with Crippen molar-refractivity contribution in [2.24, 2.45) is 4.99 Å². The second kappa shape index (κ2) is 12.4. The van der Waals surface area contributed by atoms with Crippen LogP contribution in [0.5, 0.6) is 11.5 Å². The summed E-state index contributed by atoms with van der Waals surface area (Å²) < 4.78 is 11.6. The number of methoxy groups -OCH3 is 2. The van der Waals surface area contributed by atoms with Crippen LogP contribution in [0.3, 0.4) is 0 Å². The molecule has 0 amide bonds. The van der Waals surface area contributed by atoms with Crippen LogP contribution in [-0.4, -0.2) is 31.7 Å². The monoisotopic (exact) mass is 568 g/mol. The Bertz CT molecular complexity index is 755. The van der Waals surface area contributed by atoms with E-state index in [1.165, 1.54) is 4.88 Å². The third kappa shape index (κ3) is 7.11. The van der Waals surface area contributed by atoms with E-state index in [4.69, 9.17) is 9.47 Å². The van der Waals surface area contributed by atoms with E-state index in [2.05, 4.69) is 43.5 Å². The minimum Gasteiger partial charge on any atom is -0.493 e. The number of aromatic nitrogens is 1. The summed E-state index contributed by atoms with van der Waals surface area (Å²) >= 11 is 5.30. The molecule has 0 atom stereocenters. The molecule has 1 aromatic heterocycles. The van der Waals surface area contributed by atoms with Gasteiger partial charge in [0.25, 0.3) is 0 Å².